The van der Waals surface area contributed by atoms with Crippen molar-refractivity contribution >= 4 is 12.3 Å². The van der Waals surface area contributed by atoms with E-state index in [1.165, 1.54) is 0 Å². The first kappa shape index (κ1) is 10.4. The Hall–Kier alpha value is -1.10. The highest BCUT2D eigenvalue weighted by atomic mass is 16.2. The number of carbonyl (C=O) groups excluding carboxylic acids is 2. The van der Waals surface area contributed by atoms with Gasteiger partial charge in [-0.1, -0.05) is 0 Å². The number of carbonyl (C=O) groups is 2. The Labute approximate surface area is 89.2 Å². The van der Waals surface area contributed by atoms with Crippen molar-refractivity contribution in [3.8, 4) is 0 Å². The predicted octanol–water partition coefficient (Wildman–Crippen LogP) is -0.567. The van der Waals surface area contributed by atoms with Crippen LogP contribution in [0.4, 0.5) is 0 Å². The lowest BCUT2D eigenvalue weighted by atomic mass is 10.2. The minimum atomic E-state index is -0.0857. The molecular formula is C10H17N3O2. The maximum Gasteiger partial charge on any atom is 0.241 e. The molecule has 2 rings (SSSR count). The molecule has 5 heteroatoms. The summed E-state index contributed by atoms with van der Waals surface area (Å²) < 4.78 is 0. The number of hydrogen-bond acceptors (Lipinski definition) is 3. The molecule has 84 valence electrons. The van der Waals surface area contributed by atoms with Crippen molar-refractivity contribution in [1.29, 1.82) is 0 Å². The van der Waals surface area contributed by atoms with Crippen LogP contribution in [0, 0.1) is 0 Å². The van der Waals surface area contributed by atoms with Crippen LogP contribution in [-0.4, -0.2) is 42.5 Å². The van der Waals surface area contributed by atoms with E-state index < -0.39 is 0 Å². The molecule has 0 aromatic carbocycles. The molecule has 2 atom stereocenters. The normalized spacial score (nSPS) is 30.5. The van der Waals surface area contributed by atoms with Gasteiger partial charge < -0.3 is 15.5 Å². The Morgan fingerprint density at radius 3 is 2.93 bits per heavy atom. The summed E-state index contributed by atoms with van der Waals surface area (Å²) in [6.45, 7) is 1.69. The second-order valence-corrected chi connectivity index (χ2v) is 4.12. The number of hydrogen-bond donors (Lipinski definition) is 2. The molecule has 0 aromatic heterocycles. The van der Waals surface area contributed by atoms with Crippen molar-refractivity contribution in [3.05, 3.63) is 0 Å². The van der Waals surface area contributed by atoms with Crippen molar-refractivity contribution in [3.63, 3.8) is 0 Å². The van der Waals surface area contributed by atoms with Crippen LogP contribution in [0.15, 0.2) is 0 Å². The molecule has 0 aromatic rings. The van der Waals surface area contributed by atoms with Gasteiger partial charge in [0.05, 0.1) is 6.04 Å². The molecule has 2 aliphatic heterocycles. The molecule has 0 saturated carbocycles. The third-order valence-corrected chi connectivity index (χ3v) is 3.15. The fraction of sp³-hybridized carbons (Fsp3) is 0.800. The zero-order valence-corrected chi connectivity index (χ0v) is 8.74. The summed E-state index contributed by atoms with van der Waals surface area (Å²) in [5.74, 6) is 0.143. The number of likely N-dealkylation sites (tertiary alicyclic amines) is 1. The molecule has 2 aliphatic rings. The molecule has 1 unspecified atom stereocenters. The number of amides is 2. The third-order valence-electron chi connectivity index (χ3n) is 3.15. The Bertz CT molecular complexity index is 251. The highest BCUT2D eigenvalue weighted by molar-refractivity contribution is 5.82. The number of rotatable bonds is 3. The highest BCUT2D eigenvalue weighted by Crippen LogP contribution is 2.18. The second kappa shape index (κ2) is 4.61. The van der Waals surface area contributed by atoms with Gasteiger partial charge in [0.2, 0.25) is 12.3 Å². The van der Waals surface area contributed by atoms with Gasteiger partial charge in [0.1, 0.15) is 6.17 Å². The van der Waals surface area contributed by atoms with Gasteiger partial charge >= 0.3 is 0 Å². The van der Waals surface area contributed by atoms with Crippen LogP contribution in [0.3, 0.4) is 0 Å². The molecule has 0 aliphatic carbocycles. The highest BCUT2D eigenvalue weighted by Gasteiger charge is 2.33. The van der Waals surface area contributed by atoms with E-state index in [2.05, 4.69) is 10.6 Å². The Balaban J connectivity index is 1.95. The summed E-state index contributed by atoms with van der Waals surface area (Å²) in [5.41, 5.74) is 0. The Morgan fingerprint density at radius 1 is 1.40 bits per heavy atom. The van der Waals surface area contributed by atoms with E-state index in [1.807, 2.05) is 0 Å². The zero-order chi connectivity index (χ0) is 10.7. The molecular weight excluding hydrogens is 194 g/mol. The van der Waals surface area contributed by atoms with Crippen LogP contribution in [0.1, 0.15) is 25.7 Å². The second-order valence-electron chi connectivity index (χ2n) is 4.12. The van der Waals surface area contributed by atoms with Crippen LogP contribution < -0.4 is 10.6 Å². The Morgan fingerprint density at radius 2 is 2.27 bits per heavy atom. The first-order chi connectivity index (χ1) is 7.33. The number of nitrogens with one attached hydrogen (secondary N) is 2. The largest absolute Gasteiger partial charge is 0.338 e. The molecule has 2 heterocycles. The van der Waals surface area contributed by atoms with Crippen molar-refractivity contribution in [2.24, 2.45) is 0 Å². The summed E-state index contributed by atoms with van der Waals surface area (Å²) in [5, 5.41) is 5.88. The average Bonchev–Trinajstić information content (AvgIpc) is 2.87. The van der Waals surface area contributed by atoms with Crippen molar-refractivity contribution in [2.45, 2.75) is 37.9 Å². The number of nitrogens with zero attached hydrogens (tertiary/aromatic N) is 1. The molecule has 2 saturated heterocycles. The average molecular weight is 211 g/mol. The lowest BCUT2D eigenvalue weighted by Gasteiger charge is -2.26. The Kier molecular flexibility index (Phi) is 3.20. The van der Waals surface area contributed by atoms with Gasteiger partial charge in [-0.3, -0.25) is 9.59 Å². The van der Waals surface area contributed by atoms with Gasteiger partial charge in [-0.05, 0) is 32.2 Å². The fourth-order valence-corrected chi connectivity index (χ4v) is 2.38. The first-order valence-electron chi connectivity index (χ1n) is 5.56. The summed E-state index contributed by atoms with van der Waals surface area (Å²) in [4.78, 5) is 24.2. The van der Waals surface area contributed by atoms with Crippen LogP contribution >= 0.6 is 0 Å². The lowest BCUT2D eigenvalue weighted by Crippen LogP contribution is -2.50. The smallest absolute Gasteiger partial charge is 0.241 e. The molecule has 5 nitrogen and oxygen atoms in total. The van der Waals surface area contributed by atoms with Crippen LogP contribution in [0.5, 0.6) is 0 Å². The molecule has 0 spiro atoms. The monoisotopic (exact) mass is 211 g/mol. The minimum Gasteiger partial charge on any atom is -0.338 e. The molecule has 0 bridgehead atoms. The van der Waals surface area contributed by atoms with Crippen molar-refractivity contribution < 1.29 is 9.59 Å². The van der Waals surface area contributed by atoms with Crippen molar-refractivity contribution in [2.75, 3.05) is 13.1 Å². The van der Waals surface area contributed by atoms with Crippen LogP contribution in [-0.2, 0) is 9.59 Å². The maximum absolute atomic E-state index is 12.0. The van der Waals surface area contributed by atoms with E-state index in [-0.39, 0.29) is 18.1 Å². The molecule has 2 N–H and O–H groups in total. The molecule has 0 radical (unpaired) electrons. The van der Waals surface area contributed by atoms with E-state index >= 15 is 0 Å². The van der Waals surface area contributed by atoms with E-state index in [9.17, 15) is 9.59 Å². The quantitative estimate of drug-likeness (QED) is 0.615. The summed E-state index contributed by atoms with van der Waals surface area (Å²) >= 11 is 0. The molecule has 2 amide bonds. The van der Waals surface area contributed by atoms with E-state index in [0.29, 0.717) is 6.41 Å². The maximum atomic E-state index is 12.0. The van der Waals surface area contributed by atoms with Gasteiger partial charge in [0, 0.05) is 6.54 Å². The van der Waals surface area contributed by atoms with Crippen molar-refractivity contribution in [1.82, 2.24) is 15.5 Å². The fourth-order valence-electron chi connectivity index (χ4n) is 2.38. The van der Waals surface area contributed by atoms with E-state index in [1.54, 1.807) is 4.90 Å². The van der Waals surface area contributed by atoms with Gasteiger partial charge in [-0.2, -0.15) is 0 Å². The predicted molar refractivity (Wildman–Crippen MR) is 55.0 cm³/mol. The summed E-state index contributed by atoms with van der Waals surface area (Å²) in [6.07, 6.45) is 4.43. The molecule has 15 heavy (non-hydrogen) atoms. The van der Waals surface area contributed by atoms with Gasteiger partial charge in [0.25, 0.3) is 0 Å². The van der Waals surface area contributed by atoms with Gasteiger partial charge in [-0.15, -0.1) is 0 Å². The van der Waals surface area contributed by atoms with Crippen LogP contribution in [0.25, 0.3) is 0 Å². The first-order valence-corrected chi connectivity index (χ1v) is 5.56. The summed E-state index contributed by atoms with van der Waals surface area (Å²) in [6, 6.07) is -0.0287. The summed E-state index contributed by atoms with van der Waals surface area (Å²) in [7, 11) is 0. The topological polar surface area (TPSA) is 61.4 Å². The SMILES string of the molecule is O=CNC1CCCN1C(=O)[C@H]1CCCN1. The zero-order valence-electron chi connectivity index (χ0n) is 8.74. The standard InChI is InChI=1S/C10H17N3O2/c14-7-12-9-4-2-6-13(9)10(15)8-3-1-5-11-8/h7-9,11H,1-6H2,(H,12,14)/t8-,9?/m1/s1. The van der Waals surface area contributed by atoms with E-state index in [0.717, 1.165) is 38.8 Å². The minimum absolute atomic E-state index is 0.0287. The van der Waals surface area contributed by atoms with E-state index in [4.69, 9.17) is 0 Å². The third kappa shape index (κ3) is 2.12. The molecule has 2 fully saturated rings. The van der Waals surface area contributed by atoms with Gasteiger partial charge in [0.15, 0.2) is 0 Å². The lowest BCUT2D eigenvalue weighted by molar-refractivity contribution is -0.134. The van der Waals surface area contributed by atoms with Crippen LogP contribution in [0.2, 0.25) is 0 Å². The van der Waals surface area contributed by atoms with Gasteiger partial charge in [-0.25, -0.2) is 0 Å².